The topological polar surface area (TPSA) is 105 Å². The first kappa shape index (κ1) is 14.2. The van der Waals surface area contributed by atoms with Crippen LogP contribution in [0.4, 0.5) is 11.5 Å². The molecule has 1 saturated carbocycles. The average Bonchev–Trinajstić information content (AvgIpc) is 2.75. The van der Waals surface area contributed by atoms with E-state index in [0.29, 0.717) is 18.4 Å². The zero-order chi connectivity index (χ0) is 14.8. The van der Waals surface area contributed by atoms with Crippen LogP contribution < -0.4 is 5.32 Å². The largest absolute Gasteiger partial charge is 0.481 e. The molecule has 2 N–H and O–H groups in total. The van der Waals surface area contributed by atoms with Crippen molar-refractivity contribution in [3.05, 3.63) is 27.9 Å². The summed E-state index contributed by atoms with van der Waals surface area (Å²) in [6.07, 6.45) is 4.64. The molecule has 1 aliphatic carbocycles. The van der Waals surface area contributed by atoms with Gasteiger partial charge in [0.25, 0.3) is 0 Å². The van der Waals surface area contributed by atoms with Gasteiger partial charge in [0.05, 0.1) is 11.3 Å². The van der Waals surface area contributed by atoms with Crippen LogP contribution in [-0.4, -0.2) is 26.5 Å². The van der Waals surface area contributed by atoms with Crippen LogP contribution in [0.1, 0.15) is 37.7 Å². The Hall–Kier alpha value is -2.18. The van der Waals surface area contributed by atoms with E-state index in [4.69, 9.17) is 5.11 Å². The number of nitro groups is 1. The third-order valence-electron chi connectivity index (χ3n) is 3.74. The van der Waals surface area contributed by atoms with Crippen molar-refractivity contribution in [3.63, 3.8) is 0 Å². The maximum absolute atomic E-state index is 11.2. The second-order valence-electron chi connectivity index (χ2n) is 5.27. The first-order valence-corrected chi connectivity index (χ1v) is 6.53. The lowest BCUT2D eigenvalue weighted by Crippen LogP contribution is -2.38. The molecule has 0 saturated heterocycles. The number of nitrogens with one attached hydrogen (secondary N) is 1. The fraction of sp³-hybridized carbons (Fsp3) is 0.538. The number of aryl methyl sites for hydroxylation is 1. The molecule has 1 aliphatic rings. The fourth-order valence-corrected chi connectivity index (χ4v) is 2.81. The molecule has 1 aromatic heterocycles. The molecule has 0 radical (unpaired) electrons. The van der Waals surface area contributed by atoms with E-state index in [1.807, 2.05) is 0 Å². The minimum atomic E-state index is -0.908. The minimum absolute atomic E-state index is 0.0558. The van der Waals surface area contributed by atoms with E-state index in [1.165, 1.54) is 6.20 Å². The molecular weight excluding hydrogens is 262 g/mol. The van der Waals surface area contributed by atoms with Gasteiger partial charge >= 0.3 is 11.7 Å². The molecule has 108 valence electrons. The second-order valence-corrected chi connectivity index (χ2v) is 5.27. The van der Waals surface area contributed by atoms with Crippen LogP contribution >= 0.6 is 0 Å². The van der Waals surface area contributed by atoms with Gasteiger partial charge in [-0.3, -0.25) is 14.9 Å². The summed E-state index contributed by atoms with van der Waals surface area (Å²) >= 11 is 0. The smallest absolute Gasteiger partial charge is 0.314 e. The molecule has 1 aromatic rings. The highest BCUT2D eigenvalue weighted by atomic mass is 16.6. The molecule has 2 rings (SSSR count). The number of aromatic nitrogens is 1. The van der Waals surface area contributed by atoms with Crippen LogP contribution in [0, 0.1) is 17.0 Å². The molecule has 20 heavy (non-hydrogen) atoms. The van der Waals surface area contributed by atoms with Crippen molar-refractivity contribution in [1.29, 1.82) is 0 Å². The second kappa shape index (κ2) is 5.44. The highest BCUT2D eigenvalue weighted by Crippen LogP contribution is 2.38. The normalized spacial score (nSPS) is 16.9. The number of hydrogen-bond acceptors (Lipinski definition) is 5. The van der Waals surface area contributed by atoms with Gasteiger partial charge in [0.15, 0.2) is 0 Å². The summed E-state index contributed by atoms with van der Waals surface area (Å²) in [4.78, 5) is 25.7. The van der Waals surface area contributed by atoms with Gasteiger partial charge in [0, 0.05) is 17.3 Å². The van der Waals surface area contributed by atoms with Crippen molar-refractivity contribution < 1.29 is 14.8 Å². The van der Waals surface area contributed by atoms with Crippen molar-refractivity contribution in [2.45, 2.75) is 44.6 Å². The van der Waals surface area contributed by atoms with Crippen LogP contribution in [0.25, 0.3) is 0 Å². The summed E-state index contributed by atoms with van der Waals surface area (Å²) in [6, 6.07) is 1.57. The fourth-order valence-electron chi connectivity index (χ4n) is 2.81. The molecule has 1 heterocycles. The first-order chi connectivity index (χ1) is 9.43. The predicted molar refractivity (Wildman–Crippen MR) is 72.7 cm³/mol. The van der Waals surface area contributed by atoms with Crippen LogP contribution in [0.15, 0.2) is 12.3 Å². The van der Waals surface area contributed by atoms with E-state index >= 15 is 0 Å². The lowest BCUT2D eigenvalue weighted by atomic mass is 9.93. The van der Waals surface area contributed by atoms with Crippen molar-refractivity contribution in [2.75, 3.05) is 5.32 Å². The van der Waals surface area contributed by atoms with Crippen molar-refractivity contribution in [2.24, 2.45) is 0 Å². The number of carboxylic acid groups (broad SMARTS) is 1. The summed E-state index contributed by atoms with van der Waals surface area (Å²) in [6.45, 7) is 1.64. The van der Waals surface area contributed by atoms with Crippen molar-refractivity contribution in [3.8, 4) is 0 Å². The molecule has 0 aliphatic heterocycles. The number of rotatable bonds is 5. The molecule has 0 bridgehead atoms. The predicted octanol–water partition coefficient (Wildman–Crippen LogP) is 2.50. The Morgan fingerprint density at radius 1 is 1.55 bits per heavy atom. The minimum Gasteiger partial charge on any atom is -0.481 e. The summed E-state index contributed by atoms with van der Waals surface area (Å²) in [5.41, 5.74) is -0.197. The molecule has 7 nitrogen and oxygen atoms in total. The molecule has 0 amide bonds. The van der Waals surface area contributed by atoms with Gasteiger partial charge in [-0.25, -0.2) is 4.98 Å². The third-order valence-corrected chi connectivity index (χ3v) is 3.74. The Kier molecular flexibility index (Phi) is 3.87. The standard InChI is InChI=1S/C13H17N3O4/c1-9-4-7-14-12(11(9)16(19)20)15-13(8-10(17)18)5-2-3-6-13/h4,7H,2-3,5-6,8H2,1H3,(H,14,15)(H,17,18). The zero-order valence-electron chi connectivity index (χ0n) is 11.3. The summed E-state index contributed by atoms with van der Waals surface area (Å²) in [7, 11) is 0. The van der Waals surface area contributed by atoms with Crippen molar-refractivity contribution in [1.82, 2.24) is 4.98 Å². The monoisotopic (exact) mass is 279 g/mol. The first-order valence-electron chi connectivity index (χ1n) is 6.53. The molecular formula is C13H17N3O4. The molecule has 0 atom stereocenters. The number of pyridine rings is 1. The van der Waals surface area contributed by atoms with E-state index in [-0.39, 0.29) is 17.9 Å². The van der Waals surface area contributed by atoms with Gasteiger partial charge in [-0.1, -0.05) is 12.8 Å². The molecule has 0 aromatic carbocycles. The number of hydrogen-bond donors (Lipinski definition) is 2. The van der Waals surface area contributed by atoms with Gasteiger partial charge in [-0.15, -0.1) is 0 Å². The van der Waals surface area contributed by atoms with E-state index in [0.717, 1.165) is 12.8 Å². The van der Waals surface area contributed by atoms with E-state index in [2.05, 4.69) is 10.3 Å². The van der Waals surface area contributed by atoms with Gasteiger partial charge < -0.3 is 10.4 Å². The summed E-state index contributed by atoms with van der Waals surface area (Å²) in [5.74, 6) is -0.743. The summed E-state index contributed by atoms with van der Waals surface area (Å²) < 4.78 is 0. The number of carbonyl (C=O) groups is 1. The highest BCUT2D eigenvalue weighted by molar-refractivity contribution is 5.70. The lowest BCUT2D eigenvalue weighted by molar-refractivity contribution is -0.384. The Labute approximate surface area is 116 Å². The lowest BCUT2D eigenvalue weighted by Gasteiger charge is -2.29. The average molecular weight is 279 g/mol. The van der Waals surface area contributed by atoms with Crippen LogP contribution in [0.5, 0.6) is 0 Å². The zero-order valence-corrected chi connectivity index (χ0v) is 11.3. The summed E-state index contributed by atoms with van der Waals surface area (Å²) in [5, 5.41) is 23.3. The quantitative estimate of drug-likeness (QED) is 0.633. The van der Waals surface area contributed by atoms with Crippen LogP contribution in [0.2, 0.25) is 0 Å². The molecule has 0 spiro atoms. The number of anilines is 1. The highest BCUT2D eigenvalue weighted by Gasteiger charge is 2.38. The van der Waals surface area contributed by atoms with Crippen LogP contribution in [0.3, 0.4) is 0 Å². The van der Waals surface area contributed by atoms with E-state index < -0.39 is 16.4 Å². The van der Waals surface area contributed by atoms with E-state index in [9.17, 15) is 14.9 Å². The molecule has 0 unspecified atom stereocenters. The van der Waals surface area contributed by atoms with Crippen molar-refractivity contribution >= 4 is 17.5 Å². The van der Waals surface area contributed by atoms with Gasteiger partial charge in [-0.05, 0) is 25.8 Å². The number of nitrogens with zero attached hydrogens (tertiary/aromatic N) is 2. The maximum Gasteiger partial charge on any atom is 0.314 e. The Balaban J connectivity index is 2.34. The Bertz CT molecular complexity index is 538. The number of aliphatic carboxylic acids is 1. The van der Waals surface area contributed by atoms with Crippen LogP contribution in [-0.2, 0) is 4.79 Å². The molecule has 7 heteroatoms. The number of carboxylic acids is 1. The Morgan fingerprint density at radius 2 is 2.20 bits per heavy atom. The van der Waals surface area contributed by atoms with Gasteiger partial charge in [0.2, 0.25) is 5.82 Å². The molecule has 1 fully saturated rings. The van der Waals surface area contributed by atoms with Gasteiger partial charge in [0.1, 0.15) is 0 Å². The van der Waals surface area contributed by atoms with Gasteiger partial charge in [-0.2, -0.15) is 0 Å². The third kappa shape index (κ3) is 2.87. The maximum atomic E-state index is 11.2. The SMILES string of the molecule is Cc1ccnc(NC2(CC(=O)O)CCCC2)c1[N+](=O)[O-]. The van der Waals surface area contributed by atoms with E-state index in [1.54, 1.807) is 13.0 Å². The Morgan fingerprint density at radius 3 is 2.75 bits per heavy atom.